The van der Waals surface area contributed by atoms with Gasteiger partial charge in [-0.15, -0.1) is 0 Å². The van der Waals surface area contributed by atoms with Crippen LogP contribution < -0.4 is 19.5 Å². The third-order valence-electron chi connectivity index (χ3n) is 4.86. The Morgan fingerprint density at radius 1 is 1.14 bits per heavy atom. The fourth-order valence-electron chi connectivity index (χ4n) is 3.18. The number of aliphatic imine (C=N–C) groups is 1. The van der Waals surface area contributed by atoms with Crippen molar-refractivity contribution in [2.45, 2.75) is 6.92 Å². The number of rotatable bonds is 7. The van der Waals surface area contributed by atoms with Crippen LogP contribution in [0.25, 0.3) is 6.08 Å². The number of halogens is 2. The number of benzene rings is 3. The van der Waals surface area contributed by atoms with Gasteiger partial charge in [0.1, 0.15) is 5.75 Å². The molecule has 3 aromatic carbocycles. The Morgan fingerprint density at radius 3 is 2.53 bits per heavy atom. The van der Waals surface area contributed by atoms with Gasteiger partial charge in [0.05, 0.1) is 34.3 Å². The molecule has 0 spiro atoms. The van der Waals surface area contributed by atoms with E-state index in [4.69, 9.17) is 25.8 Å². The van der Waals surface area contributed by atoms with Crippen molar-refractivity contribution >= 4 is 68.1 Å². The van der Waals surface area contributed by atoms with Crippen LogP contribution in [0.2, 0.25) is 5.02 Å². The quantitative estimate of drug-likeness (QED) is 0.190. The number of amides is 1. The number of methoxy groups -OCH3 is 1. The number of nitrogens with zero attached hydrogens (tertiary/aromatic N) is 1. The molecule has 1 heterocycles. The van der Waals surface area contributed by atoms with E-state index in [9.17, 15) is 9.59 Å². The summed E-state index contributed by atoms with van der Waals surface area (Å²) in [6.07, 6.45) is 1.72. The number of hydrogen-bond acceptors (Lipinski definition) is 7. The van der Waals surface area contributed by atoms with Crippen LogP contribution in [0.4, 0.5) is 5.69 Å². The fourth-order valence-corrected chi connectivity index (χ4v) is 4.69. The highest BCUT2D eigenvalue weighted by Crippen LogP contribution is 2.39. The minimum Gasteiger partial charge on any atom is -0.497 e. The van der Waals surface area contributed by atoms with Crippen LogP contribution >= 0.6 is 39.3 Å². The van der Waals surface area contributed by atoms with E-state index in [0.29, 0.717) is 54.5 Å². The molecule has 1 amide bonds. The molecule has 0 bridgehead atoms. The van der Waals surface area contributed by atoms with Gasteiger partial charge >= 0.3 is 5.97 Å². The molecule has 36 heavy (non-hydrogen) atoms. The Balaban J connectivity index is 1.57. The number of esters is 1. The van der Waals surface area contributed by atoms with Crippen molar-refractivity contribution in [3.63, 3.8) is 0 Å². The van der Waals surface area contributed by atoms with Crippen LogP contribution in [0.15, 0.2) is 75.0 Å². The van der Waals surface area contributed by atoms with Gasteiger partial charge in [0.25, 0.3) is 5.91 Å². The van der Waals surface area contributed by atoms with Crippen LogP contribution in [0.1, 0.15) is 22.8 Å². The maximum atomic E-state index is 12.7. The zero-order valence-corrected chi connectivity index (χ0v) is 22.4. The first kappa shape index (κ1) is 25.8. The van der Waals surface area contributed by atoms with Crippen molar-refractivity contribution in [2.24, 2.45) is 4.99 Å². The summed E-state index contributed by atoms with van der Waals surface area (Å²) in [7, 11) is 1.55. The van der Waals surface area contributed by atoms with Gasteiger partial charge in [-0.25, -0.2) is 9.79 Å². The summed E-state index contributed by atoms with van der Waals surface area (Å²) in [6.45, 7) is 2.18. The SMILES string of the molecule is CCOc1cc(/C=C2\SC(=Nc3ccc(Cl)cc3)NC2=O)cc(Br)c1OC(=O)c1ccc(OC)cc1. The van der Waals surface area contributed by atoms with E-state index in [2.05, 4.69) is 26.2 Å². The van der Waals surface area contributed by atoms with E-state index in [1.54, 1.807) is 73.8 Å². The van der Waals surface area contributed by atoms with Crippen LogP contribution in [0, 0.1) is 0 Å². The van der Waals surface area contributed by atoms with Crippen LogP contribution in [0.5, 0.6) is 17.2 Å². The number of ether oxygens (including phenoxy) is 3. The first-order valence-electron chi connectivity index (χ1n) is 10.7. The Kier molecular flexibility index (Phi) is 8.35. The largest absolute Gasteiger partial charge is 0.497 e. The molecule has 0 atom stereocenters. The molecule has 10 heteroatoms. The second kappa shape index (κ2) is 11.6. The molecule has 0 aliphatic carbocycles. The summed E-state index contributed by atoms with van der Waals surface area (Å²) in [5.41, 5.74) is 1.72. The summed E-state index contributed by atoms with van der Waals surface area (Å²) < 4.78 is 17.0. The van der Waals surface area contributed by atoms with Gasteiger partial charge in [-0.3, -0.25) is 4.79 Å². The van der Waals surface area contributed by atoms with Crippen molar-refractivity contribution in [3.05, 3.63) is 86.2 Å². The molecule has 4 rings (SSSR count). The number of thioether (sulfide) groups is 1. The van der Waals surface area contributed by atoms with Gasteiger partial charge in [0.15, 0.2) is 16.7 Å². The van der Waals surface area contributed by atoms with Gasteiger partial charge < -0.3 is 19.5 Å². The standard InChI is InChI=1S/C26H20BrClN2O5S/c1-3-34-21-13-15(12-20(27)23(21)35-25(32)16-4-10-19(33-2)11-5-16)14-22-24(31)30-26(36-22)29-18-8-6-17(28)7-9-18/h4-14H,3H2,1-2H3,(H,29,30,31)/b22-14-. The highest BCUT2D eigenvalue weighted by molar-refractivity contribution is 9.10. The Bertz CT molecular complexity index is 1360. The molecule has 1 N–H and O–H groups in total. The fraction of sp³-hybridized carbons (Fsp3) is 0.115. The van der Waals surface area contributed by atoms with Crippen LogP contribution in [-0.4, -0.2) is 30.8 Å². The van der Waals surface area contributed by atoms with Gasteiger partial charge in [0.2, 0.25) is 0 Å². The summed E-state index contributed by atoms with van der Waals surface area (Å²) in [5.74, 6) is 0.429. The third kappa shape index (κ3) is 6.29. The zero-order valence-electron chi connectivity index (χ0n) is 19.2. The molecular weight excluding hydrogens is 568 g/mol. The minimum atomic E-state index is -0.542. The first-order chi connectivity index (χ1) is 17.4. The Hall–Kier alpha value is -3.27. The maximum absolute atomic E-state index is 12.7. The summed E-state index contributed by atoms with van der Waals surface area (Å²) >= 11 is 10.6. The minimum absolute atomic E-state index is 0.244. The maximum Gasteiger partial charge on any atom is 0.343 e. The van der Waals surface area contributed by atoms with Gasteiger partial charge in [-0.2, -0.15) is 0 Å². The van der Waals surface area contributed by atoms with E-state index in [1.165, 1.54) is 11.8 Å². The third-order valence-corrected chi connectivity index (χ3v) is 6.61. The van der Waals surface area contributed by atoms with E-state index in [0.717, 1.165) is 0 Å². The lowest BCUT2D eigenvalue weighted by molar-refractivity contribution is -0.115. The van der Waals surface area contributed by atoms with E-state index in [1.807, 2.05) is 6.92 Å². The summed E-state index contributed by atoms with van der Waals surface area (Å²) in [6, 6.07) is 17.0. The second-order valence-electron chi connectivity index (χ2n) is 7.34. The topological polar surface area (TPSA) is 86.2 Å². The molecule has 0 unspecified atom stereocenters. The van der Waals surface area contributed by atoms with E-state index in [-0.39, 0.29) is 11.7 Å². The highest BCUT2D eigenvalue weighted by Gasteiger charge is 2.24. The summed E-state index contributed by atoms with van der Waals surface area (Å²) in [5, 5.41) is 3.83. The van der Waals surface area contributed by atoms with E-state index >= 15 is 0 Å². The number of amidine groups is 1. The molecule has 1 fully saturated rings. The molecule has 0 aromatic heterocycles. The molecule has 1 saturated heterocycles. The Morgan fingerprint density at radius 2 is 1.86 bits per heavy atom. The predicted octanol–water partition coefficient (Wildman–Crippen LogP) is 6.62. The highest BCUT2D eigenvalue weighted by atomic mass is 79.9. The van der Waals surface area contributed by atoms with Gasteiger partial charge in [0, 0.05) is 5.02 Å². The van der Waals surface area contributed by atoms with E-state index < -0.39 is 5.97 Å². The van der Waals surface area contributed by atoms with Crippen LogP contribution in [0.3, 0.4) is 0 Å². The molecule has 0 radical (unpaired) electrons. The van der Waals surface area contributed by atoms with Crippen LogP contribution in [-0.2, 0) is 4.79 Å². The average Bonchev–Trinajstić information content (AvgIpc) is 3.21. The predicted molar refractivity (Wildman–Crippen MR) is 146 cm³/mol. The first-order valence-corrected chi connectivity index (χ1v) is 12.7. The summed E-state index contributed by atoms with van der Waals surface area (Å²) in [4.78, 5) is 30.1. The second-order valence-corrected chi connectivity index (χ2v) is 9.66. The molecule has 1 aliphatic heterocycles. The lowest BCUT2D eigenvalue weighted by Crippen LogP contribution is -2.19. The van der Waals surface area contributed by atoms with Crippen molar-refractivity contribution in [1.29, 1.82) is 0 Å². The Labute approximate surface area is 225 Å². The van der Waals surface area contributed by atoms with Gasteiger partial charge in [-0.05, 0) is 107 Å². The molecule has 3 aromatic rings. The lowest BCUT2D eigenvalue weighted by atomic mass is 10.1. The lowest BCUT2D eigenvalue weighted by Gasteiger charge is -2.14. The monoisotopic (exact) mass is 586 g/mol. The number of hydrogen-bond donors (Lipinski definition) is 1. The number of carbonyl (C=O) groups is 2. The smallest absolute Gasteiger partial charge is 0.343 e. The zero-order chi connectivity index (χ0) is 25.7. The molecular formula is C26H20BrClN2O5S. The molecule has 184 valence electrons. The van der Waals surface area contributed by atoms with Gasteiger partial charge in [-0.1, -0.05) is 11.6 Å². The van der Waals surface area contributed by atoms with Crippen molar-refractivity contribution in [2.75, 3.05) is 13.7 Å². The molecule has 0 saturated carbocycles. The number of carbonyl (C=O) groups excluding carboxylic acids is 2. The normalized spacial score (nSPS) is 15.2. The average molecular weight is 588 g/mol. The van der Waals surface area contributed by atoms with Crippen molar-refractivity contribution < 1.29 is 23.8 Å². The number of nitrogens with one attached hydrogen (secondary N) is 1. The van der Waals surface area contributed by atoms with Crippen molar-refractivity contribution in [1.82, 2.24) is 5.32 Å². The molecule has 7 nitrogen and oxygen atoms in total. The van der Waals surface area contributed by atoms with Crippen molar-refractivity contribution in [3.8, 4) is 17.2 Å². The molecule has 1 aliphatic rings.